The molecule has 2 aromatic rings. The third kappa shape index (κ3) is 2.10. The van der Waals surface area contributed by atoms with Crippen molar-refractivity contribution >= 4 is 27.4 Å². The number of imidazole rings is 1. The number of rotatable bonds is 2. The molecule has 96 valence electrons. The molecule has 0 bridgehead atoms. The molecule has 0 unspecified atom stereocenters. The van der Waals surface area contributed by atoms with Gasteiger partial charge in [-0.05, 0) is 28.8 Å². The zero-order valence-corrected chi connectivity index (χ0v) is 11.8. The third-order valence-corrected chi connectivity index (χ3v) is 3.78. The highest BCUT2D eigenvalue weighted by atomic mass is 79.9. The average Bonchev–Trinajstić information content (AvgIpc) is 2.86. The summed E-state index contributed by atoms with van der Waals surface area (Å²) < 4.78 is 8.21. The average molecular weight is 311 g/mol. The van der Waals surface area contributed by atoms with Gasteiger partial charge in [0, 0.05) is 44.9 Å². The molecule has 2 aromatic heterocycles. The van der Waals surface area contributed by atoms with E-state index >= 15 is 0 Å². The Bertz CT molecular complexity index is 550. The molecule has 0 aromatic carbocycles. The fourth-order valence-corrected chi connectivity index (χ4v) is 2.76. The number of nitrogens with zero attached hydrogens (tertiary/aromatic N) is 4. The van der Waals surface area contributed by atoms with Crippen molar-refractivity contribution in [1.82, 2.24) is 14.4 Å². The first-order valence-electron chi connectivity index (χ1n) is 6.05. The Kier molecular flexibility index (Phi) is 3.22. The van der Waals surface area contributed by atoms with Crippen LogP contribution >= 0.6 is 15.9 Å². The fraction of sp³-hybridized carbons (Fsp3) is 0.500. The van der Waals surface area contributed by atoms with Gasteiger partial charge in [-0.1, -0.05) is 0 Å². The van der Waals surface area contributed by atoms with Crippen molar-refractivity contribution in [1.29, 1.82) is 0 Å². The molecule has 0 N–H and O–H groups in total. The monoisotopic (exact) mass is 310 g/mol. The maximum atomic E-state index is 5.40. The maximum absolute atomic E-state index is 5.40. The summed E-state index contributed by atoms with van der Waals surface area (Å²) in [7, 11) is 2.08. The van der Waals surface area contributed by atoms with Crippen molar-refractivity contribution in [2.45, 2.75) is 18.9 Å². The highest BCUT2D eigenvalue weighted by molar-refractivity contribution is 9.10. The smallest absolute Gasteiger partial charge is 0.180 e. The number of ether oxygens (including phenoxy) is 1. The largest absolute Gasteiger partial charge is 0.381 e. The predicted molar refractivity (Wildman–Crippen MR) is 72.9 cm³/mol. The van der Waals surface area contributed by atoms with Crippen LogP contribution in [0.1, 0.15) is 12.8 Å². The van der Waals surface area contributed by atoms with E-state index in [0.29, 0.717) is 6.04 Å². The molecule has 1 saturated heterocycles. The Balaban J connectivity index is 1.99. The van der Waals surface area contributed by atoms with Gasteiger partial charge in [0.05, 0.1) is 0 Å². The van der Waals surface area contributed by atoms with E-state index in [9.17, 15) is 0 Å². The quantitative estimate of drug-likeness (QED) is 0.852. The highest BCUT2D eigenvalue weighted by Crippen LogP contribution is 2.24. The van der Waals surface area contributed by atoms with Crippen LogP contribution in [0.2, 0.25) is 0 Å². The molecule has 0 amide bonds. The predicted octanol–water partition coefficient (Wildman–Crippen LogP) is 2.11. The van der Waals surface area contributed by atoms with E-state index in [1.54, 1.807) is 6.20 Å². The Labute approximate surface area is 114 Å². The minimum Gasteiger partial charge on any atom is -0.381 e. The van der Waals surface area contributed by atoms with Crippen LogP contribution in [0, 0.1) is 0 Å². The Morgan fingerprint density at radius 2 is 2.22 bits per heavy atom. The summed E-state index contributed by atoms with van der Waals surface area (Å²) in [5.41, 5.74) is 0.896. The fourth-order valence-electron chi connectivity index (χ4n) is 2.37. The van der Waals surface area contributed by atoms with Gasteiger partial charge in [0.25, 0.3) is 0 Å². The molecule has 0 atom stereocenters. The molecule has 1 aliphatic heterocycles. The van der Waals surface area contributed by atoms with Crippen LogP contribution in [0.5, 0.6) is 0 Å². The molecule has 0 aliphatic carbocycles. The van der Waals surface area contributed by atoms with Gasteiger partial charge in [0.2, 0.25) is 0 Å². The zero-order chi connectivity index (χ0) is 12.5. The molecule has 3 rings (SSSR count). The molecule has 0 radical (unpaired) electrons. The van der Waals surface area contributed by atoms with E-state index in [1.165, 1.54) is 0 Å². The lowest BCUT2D eigenvalue weighted by molar-refractivity contribution is 0.0854. The van der Waals surface area contributed by atoms with E-state index < -0.39 is 0 Å². The third-order valence-electron chi connectivity index (χ3n) is 3.40. The first-order valence-corrected chi connectivity index (χ1v) is 6.85. The second-order valence-corrected chi connectivity index (χ2v) is 5.31. The van der Waals surface area contributed by atoms with E-state index in [4.69, 9.17) is 4.74 Å². The molecular weight excluding hydrogens is 296 g/mol. The van der Waals surface area contributed by atoms with Gasteiger partial charge in [0.15, 0.2) is 11.5 Å². The summed E-state index contributed by atoms with van der Waals surface area (Å²) in [6.45, 7) is 1.65. The Morgan fingerprint density at radius 3 is 3.00 bits per heavy atom. The highest BCUT2D eigenvalue weighted by Gasteiger charge is 2.22. The van der Waals surface area contributed by atoms with E-state index in [0.717, 1.165) is 42.1 Å². The lowest BCUT2D eigenvalue weighted by Gasteiger charge is -2.32. The second-order valence-electron chi connectivity index (χ2n) is 4.50. The first kappa shape index (κ1) is 11.9. The van der Waals surface area contributed by atoms with Crippen molar-refractivity contribution in [2.24, 2.45) is 0 Å². The lowest BCUT2D eigenvalue weighted by atomic mass is 10.1. The second kappa shape index (κ2) is 4.85. The van der Waals surface area contributed by atoms with Gasteiger partial charge in [-0.15, -0.1) is 0 Å². The van der Waals surface area contributed by atoms with Gasteiger partial charge in [-0.2, -0.15) is 0 Å². The number of halogens is 1. The lowest BCUT2D eigenvalue weighted by Crippen LogP contribution is -2.37. The zero-order valence-electron chi connectivity index (χ0n) is 10.2. The molecular formula is C12H15BrN4O. The first-order chi connectivity index (χ1) is 8.75. The van der Waals surface area contributed by atoms with Gasteiger partial charge >= 0.3 is 0 Å². The van der Waals surface area contributed by atoms with Crippen LogP contribution in [0.4, 0.5) is 5.82 Å². The minimum absolute atomic E-state index is 0.473. The molecule has 6 heteroatoms. The van der Waals surface area contributed by atoms with Crippen LogP contribution in [-0.2, 0) is 4.74 Å². The van der Waals surface area contributed by atoms with Gasteiger partial charge in [-0.25, -0.2) is 9.97 Å². The number of anilines is 1. The summed E-state index contributed by atoms with van der Waals surface area (Å²) in [4.78, 5) is 11.2. The molecule has 3 heterocycles. The number of fused-ring (bicyclic) bond motifs is 1. The van der Waals surface area contributed by atoms with Crippen molar-refractivity contribution in [3.63, 3.8) is 0 Å². The Hall–Kier alpha value is -1.14. The standard InChI is InChI=1S/C12H15BrN4O/c1-16(9-2-6-18-7-3-9)12-11-14-4-5-17(11)8-10(13)15-12/h4-5,8-9H,2-3,6-7H2,1H3. The normalized spacial score (nSPS) is 17.2. The summed E-state index contributed by atoms with van der Waals surface area (Å²) >= 11 is 3.45. The SMILES string of the molecule is CN(c1nc(Br)cn2ccnc12)C1CCOCC1. The van der Waals surface area contributed by atoms with Crippen LogP contribution < -0.4 is 4.90 Å². The summed E-state index contributed by atoms with van der Waals surface area (Å²) in [5.74, 6) is 0.918. The molecule has 5 nitrogen and oxygen atoms in total. The van der Waals surface area contributed by atoms with E-state index in [2.05, 4.69) is 37.8 Å². The summed E-state index contributed by atoms with van der Waals surface area (Å²) in [6.07, 6.45) is 7.73. The van der Waals surface area contributed by atoms with Gasteiger partial charge in [0.1, 0.15) is 4.60 Å². The van der Waals surface area contributed by atoms with Gasteiger partial charge < -0.3 is 14.0 Å². The van der Waals surface area contributed by atoms with Crippen molar-refractivity contribution in [3.8, 4) is 0 Å². The molecule has 1 aliphatic rings. The van der Waals surface area contributed by atoms with Crippen LogP contribution in [0.25, 0.3) is 5.65 Å². The van der Waals surface area contributed by atoms with Crippen LogP contribution in [0.15, 0.2) is 23.2 Å². The van der Waals surface area contributed by atoms with Crippen molar-refractivity contribution in [3.05, 3.63) is 23.2 Å². The van der Waals surface area contributed by atoms with Gasteiger partial charge in [-0.3, -0.25) is 0 Å². The van der Waals surface area contributed by atoms with Crippen molar-refractivity contribution in [2.75, 3.05) is 25.2 Å². The molecule has 0 saturated carbocycles. The maximum Gasteiger partial charge on any atom is 0.180 e. The number of hydrogen-bond acceptors (Lipinski definition) is 4. The molecule has 0 spiro atoms. The molecule has 18 heavy (non-hydrogen) atoms. The summed E-state index contributed by atoms with van der Waals surface area (Å²) in [6, 6.07) is 0.473. The number of aromatic nitrogens is 3. The van der Waals surface area contributed by atoms with Crippen LogP contribution in [0.3, 0.4) is 0 Å². The van der Waals surface area contributed by atoms with E-state index in [-0.39, 0.29) is 0 Å². The van der Waals surface area contributed by atoms with Crippen LogP contribution in [-0.4, -0.2) is 40.7 Å². The van der Waals surface area contributed by atoms with E-state index in [1.807, 2.05) is 16.8 Å². The topological polar surface area (TPSA) is 42.7 Å². The Morgan fingerprint density at radius 1 is 1.44 bits per heavy atom. The molecule has 1 fully saturated rings. The minimum atomic E-state index is 0.473. The summed E-state index contributed by atoms with van der Waals surface area (Å²) in [5, 5.41) is 0. The van der Waals surface area contributed by atoms with Crippen molar-refractivity contribution < 1.29 is 4.74 Å². The number of hydrogen-bond donors (Lipinski definition) is 0.